The summed E-state index contributed by atoms with van der Waals surface area (Å²) in [5.41, 5.74) is 1.35. The molecule has 2 aromatic carbocycles. The number of benzene rings is 2. The van der Waals surface area contributed by atoms with E-state index in [1.807, 2.05) is 36.4 Å². The first kappa shape index (κ1) is 23.8. The highest BCUT2D eigenvalue weighted by Crippen LogP contribution is 2.23. The molecule has 0 aliphatic carbocycles. The number of rotatable bonds is 9. The fourth-order valence-electron chi connectivity index (χ4n) is 4.28. The highest BCUT2D eigenvalue weighted by Gasteiger charge is 2.19. The molecule has 0 radical (unpaired) electrons. The summed E-state index contributed by atoms with van der Waals surface area (Å²) in [5, 5.41) is 3.84. The second-order valence-electron chi connectivity index (χ2n) is 8.51. The van der Waals surface area contributed by atoms with Gasteiger partial charge in [-0.15, -0.1) is 0 Å². The maximum absolute atomic E-state index is 14.0. The number of amides is 1. The molecule has 0 saturated carbocycles. The van der Waals surface area contributed by atoms with Crippen LogP contribution in [-0.4, -0.2) is 61.2 Å². The minimum atomic E-state index is -0.185. The molecular weight excluding hydrogens is 435 g/mol. The predicted octanol–water partition coefficient (Wildman–Crippen LogP) is 2.78. The first-order valence-corrected chi connectivity index (χ1v) is 11.7. The molecule has 8 heteroatoms. The van der Waals surface area contributed by atoms with Crippen LogP contribution in [0, 0.1) is 5.82 Å². The summed E-state index contributed by atoms with van der Waals surface area (Å²) < 4.78 is 21.4. The molecule has 180 valence electrons. The van der Waals surface area contributed by atoms with E-state index in [0.29, 0.717) is 37.4 Å². The van der Waals surface area contributed by atoms with Crippen molar-refractivity contribution in [3.05, 3.63) is 70.8 Å². The van der Waals surface area contributed by atoms with Gasteiger partial charge < -0.3 is 19.5 Å². The number of hydrogen-bond donors (Lipinski definition) is 1. The molecular formula is C26H31FN4O3. The molecule has 1 N–H and O–H groups in total. The number of piperazine rings is 1. The van der Waals surface area contributed by atoms with E-state index in [1.54, 1.807) is 17.7 Å². The number of nitrogens with zero attached hydrogens (tertiary/aromatic N) is 3. The van der Waals surface area contributed by atoms with Crippen molar-refractivity contribution in [3.8, 4) is 5.75 Å². The van der Waals surface area contributed by atoms with Crippen LogP contribution in [0.2, 0.25) is 0 Å². The van der Waals surface area contributed by atoms with Crippen LogP contribution in [-0.2, 0) is 11.8 Å². The SMILES string of the molecule is Cn1c(=O)cc(OCCCC(=O)NCCN2CCN(c3ccccc3F)CC2)c2ccccc21. The number of nitrogens with one attached hydrogen (secondary N) is 1. The maximum Gasteiger partial charge on any atom is 0.254 e. The lowest BCUT2D eigenvalue weighted by molar-refractivity contribution is -0.121. The lowest BCUT2D eigenvalue weighted by Gasteiger charge is -2.36. The Morgan fingerprint density at radius 1 is 1.06 bits per heavy atom. The Hall–Kier alpha value is -3.39. The minimum absolute atomic E-state index is 0.0116. The topological polar surface area (TPSA) is 66.8 Å². The number of pyridine rings is 1. The average molecular weight is 467 g/mol. The summed E-state index contributed by atoms with van der Waals surface area (Å²) in [6.45, 7) is 4.92. The van der Waals surface area contributed by atoms with Gasteiger partial charge in [-0.3, -0.25) is 14.5 Å². The van der Waals surface area contributed by atoms with Gasteiger partial charge in [0.1, 0.15) is 11.6 Å². The number of carbonyl (C=O) groups is 1. The summed E-state index contributed by atoms with van der Waals surface area (Å²) in [5.74, 6) is 0.353. The van der Waals surface area contributed by atoms with Gasteiger partial charge in [-0.25, -0.2) is 4.39 Å². The number of para-hydroxylation sites is 2. The molecule has 34 heavy (non-hydrogen) atoms. The van der Waals surface area contributed by atoms with Crippen LogP contribution in [0.25, 0.3) is 10.9 Å². The summed E-state index contributed by atoms with van der Waals surface area (Å²) in [6, 6.07) is 16.0. The number of hydrogen-bond acceptors (Lipinski definition) is 5. The van der Waals surface area contributed by atoms with Crippen LogP contribution in [0.4, 0.5) is 10.1 Å². The zero-order valence-corrected chi connectivity index (χ0v) is 19.5. The van der Waals surface area contributed by atoms with Gasteiger partial charge in [-0.2, -0.15) is 0 Å². The number of carbonyl (C=O) groups excluding carboxylic acids is 1. The third kappa shape index (κ3) is 5.75. The van der Waals surface area contributed by atoms with Crippen LogP contribution in [0.15, 0.2) is 59.4 Å². The van der Waals surface area contributed by atoms with Crippen molar-refractivity contribution < 1.29 is 13.9 Å². The van der Waals surface area contributed by atoms with Gasteiger partial charge in [0.15, 0.2) is 0 Å². The average Bonchev–Trinajstić information content (AvgIpc) is 2.85. The van der Waals surface area contributed by atoms with E-state index in [0.717, 1.165) is 43.6 Å². The third-order valence-corrected chi connectivity index (χ3v) is 6.24. The van der Waals surface area contributed by atoms with Gasteiger partial charge in [0.25, 0.3) is 5.56 Å². The molecule has 0 unspecified atom stereocenters. The summed E-state index contributed by atoms with van der Waals surface area (Å²) in [4.78, 5) is 28.7. The van der Waals surface area contributed by atoms with Crippen molar-refractivity contribution >= 4 is 22.5 Å². The van der Waals surface area contributed by atoms with E-state index in [2.05, 4.69) is 15.1 Å². The van der Waals surface area contributed by atoms with Crippen LogP contribution in [0.5, 0.6) is 5.75 Å². The first-order chi connectivity index (χ1) is 16.5. The number of anilines is 1. The number of halogens is 1. The monoisotopic (exact) mass is 466 g/mol. The van der Waals surface area contributed by atoms with Crippen molar-refractivity contribution in [1.29, 1.82) is 0 Å². The van der Waals surface area contributed by atoms with Crippen LogP contribution in [0.1, 0.15) is 12.8 Å². The van der Waals surface area contributed by atoms with Crippen molar-refractivity contribution in [1.82, 2.24) is 14.8 Å². The van der Waals surface area contributed by atoms with Gasteiger partial charge in [0.05, 0.1) is 17.8 Å². The highest BCUT2D eigenvalue weighted by molar-refractivity contribution is 5.85. The molecule has 0 bridgehead atoms. The molecule has 1 aromatic heterocycles. The molecule has 1 fully saturated rings. The van der Waals surface area contributed by atoms with Gasteiger partial charge in [-0.05, 0) is 30.7 Å². The van der Waals surface area contributed by atoms with Gasteiger partial charge in [0.2, 0.25) is 5.91 Å². The fourth-order valence-corrected chi connectivity index (χ4v) is 4.28. The second kappa shape index (κ2) is 11.2. The number of fused-ring (bicyclic) bond motifs is 1. The van der Waals surface area contributed by atoms with E-state index in [4.69, 9.17) is 4.74 Å². The van der Waals surface area contributed by atoms with E-state index >= 15 is 0 Å². The molecule has 1 amide bonds. The van der Waals surface area contributed by atoms with Gasteiger partial charge >= 0.3 is 0 Å². The van der Waals surface area contributed by atoms with Crippen molar-refractivity contribution in [2.75, 3.05) is 50.8 Å². The molecule has 2 heterocycles. The summed E-state index contributed by atoms with van der Waals surface area (Å²) in [6.07, 6.45) is 0.931. The van der Waals surface area contributed by atoms with E-state index in [9.17, 15) is 14.0 Å². The van der Waals surface area contributed by atoms with Crippen molar-refractivity contribution in [2.45, 2.75) is 12.8 Å². The Balaban J connectivity index is 1.14. The minimum Gasteiger partial charge on any atom is -0.493 e. The Bertz CT molecular complexity index is 1190. The quantitative estimate of drug-likeness (QED) is 0.492. The molecule has 7 nitrogen and oxygen atoms in total. The third-order valence-electron chi connectivity index (χ3n) is 6.24. The lowest BCUT2D eigenvalue weighted by atomic mass is 10.2. The number of ether oxygens (including phenoxy) is 1. The van der Waals surface area contributed by atoms with Crippen LogP contribution < -0.4 is 20.5 Å². The molecule has 1 aliphatic heterocycles. The summed E-state index contributed by atoms with van der Waals surface area (Å²) in [7, 11) is 1.74. The predicted molar refractivity (Wildman–Crippen MR) is 132 cm³/mol. The van der Waals surface area contributed by atoms with Crippen molar-refractivity contribution in [3.63, 3.8) is 0 Å². The molecule has 1 aliphatic rings. The summed E-state index contributed by atoms with van der Waals surface area (Å²) >= 11 is 0. The van der Waals surface area contributed by atoms with E-state index in [1.165, 1.54) is 12.1 Å². The first-order valence-electron chi connectivity index (χ1n) is 11.7. The largest absolute Gasteiger partial charge is 0.493 e. The molecule has 0 atom stereocenters. The molecule has 4 rings (SSSR count). The smallest absolute Gasteiger partial charge is 0.254 e. The van der Waals surface area contributed by atoms with Crippen molar-refractivity contribution in [2.24, 2.45) is 7.05 Å². The standard InChI is InChI=1S/C26H31FN4O3/c1-29-22-9-4-2-7-20(22)24(19-26(29)33)34-18-6-11-25(32)28-12-13-30-14-16-31(17-15-30)23-10-5-3-8-21(23)27/h2-5,7-10,19H,6,11-18H2,1H3,(H,28,32). The van der Waals surface area contributed by atoms with Crippen LogP contribution in [0.3, 0.4) is 0 Å². The van der Waals surface area contributed by atoms with Gasteiger partial charge in [0, 0.05) is 64.2 Å². The van der Waals surface area contributed by atoms with Crippen LogP contribution >= 0.6 is 0 Å². The number of aromatic nitrogens is 1. The Kier molecular flexibility index (Phi) is 7.80. The zero-order chi connectivity index (χ0) is 23.9. The van der Waals surface area contributed by atoms with Gasteiger partial charge in [-0.1, -0.05) is 24.3 Å². The fraction of sp³-hybridized carbons (Fsp3) is 0.385. The Morgan fingerprint density at radius 3 is 2.59 bits per heavy atom. The highest BCUT2D eigenvalue weighted by atomic mass is 19.1. The molecule has 3 aromatic rings. The van der Waals surface area contributed by atoms with E-state index in [-0.39, 0.29) is 17.3 Å². The second-order valence-corrected chi connectivity index (χ2v) is 8.51. The lowest BCUT2D eigenvalue weighted by Crippen LogP contribution is -2.48. The Morgan fingerprint density at radius 2 is 1.79 bits per heavy atom. The molecule has 0 spiro atoms. The molecule has 1 saturated heterocycles. The number of aryl methyl sites for hydroxylation is 1. The Labute approximate surface area is 198 Å². The maximum atomic E-state index is 14.0. The normalized spacial score (nSPS) is 14.4. The van der Waals surface area contributed by atoms with E-state index < -0.39 is 0 Å². The zero-order valence-electron chi connectivity index (χ0n) is 19.5.